The topological polar surface area (TPSA) is 121 Å². The first-order valence-electron chi connectivity index (χ1n) is 13.5. The van der Waals surface area contributed by atoms with E-state index in [-0.39, 0.29) is 29.8 Å². The molecule has 4 N–H and O–H groups in total. The van der Waals surface area contributed by atoms with E-state index in [9.17, 15) is 14.4 Å². The summed E-state index contributed by atoms with van der Waals surface area (Å²) in [7, 11) is 0. The van der Waals surface area contributed by atoms with Crippen molar-refractivity contribution >= 4 is 40.4 Å². The van der Waals surface area contributed by atoms with Gasteiger partial charge in [0.05, 0.1) is 21.8 Å². The van der Waals surface area contributed by atoms with Crippen LogP contribution in [0.5, 0.6) is 0 Å². The third-order valence-corrected chi connectivity index (χ3v) is 8.25. The Morgan fingerprint density at radius 2 is 1.77 bits per heavy atom. The van der Waals surface area contributed by atoms with E-state index in [1.165, 1.54) is 17.5 Å². The number of rotatable bonds is 6. The van der Waals surface area contributed by atoms with Crippen molar-refractivity contribution in [3.8, 4) is 0 Å². The van der Waals surface area contributed by atoms with Crippen molar-refractivity contribution in [3.05, 3.63) is 76.2 Å². The second-order valence-electron chi connectivity index (χ2n) is 10.1. The third kappa shape index (κ3) is 6.63. The van der Waals surface area contributed by atoms with E-state index in [2.05, 4.69) is 20.5 Å². The van der Waals surface area contributed by atoms with Crippen molar-refractivity contribution < 1.29 is 14.4 Å². The van der Waals surface area contributed by atoms with Crippen LogP contribution in [0.3, 0.4) is 0 Å². The average Bonchev–Trinajstić information content (AvgIpc) is 3.39. The molecule has 1 aliphatic heterocycles. The fraction of sp³-hybridized carbons (Fsp3) is 0.379. The zero-order chi connectivity index (χ0) is 27.2. The lowest BCUT2D eigenvalue weighted by Gasteiger charge is -2.28. The minimum absolute atomic E-state index is 0.0487. The molecule has 0 unspecified atom stereocenters. The maximum Gasteiger partial charge on any atom is 0.263 e. The highest BCUT2D eigenvalue weighted by atomic mass is 32.1. The molecular formula is C29H34N6O3S. The van der Waals surface area contributed by atoms with Crippen LogP contribution in [0.1, 0.15) is 62.5 Å². The Hall–Kier alpha value is -3.76. The summed E-state index contributed by atoms with van der Waals surface area (Å²) in [5, 5.41) is 8.06. The number of nitrogens with two attached hydrogens (primary N) is 1. The van der Waals surface area contributed by atoms with E-state index in [0.717, 1.165) is 49.2 Å². The standard InChI is InChI=1S/C29H34N6O3S/c30-22-7-9-23(10-8-22)32-27(36)20-6-11-25(24(18-20)33-28(37)21-4-1-12-31-19-21)34-13-3-14-35(16-15-34)29(38)26-5-2-17-39-26/h1-2,4-6,11-12,17-19,22-23H,3,7-10,13-16,30H2,(H,32,36)(H,33,37). The molecule has 39 heavy (non-hydrogen) atoms. The fourth-order valence-corrected chi connectivity index (χ4v) is 5.89. The van der Waals surface area contributed by atoms with Crippen LogP contribution in [-0.2, 0) is 0 Å². The maximum absolute atomic E-state index is 13.2. The Morgan fingerprint density at radius 3 is 2.51 bits per heavy atom. The predicted octanol–water partition coefficient (Wildman–Crippen LogP) is 3.75. The number of benzene rings is 1. The molecule has 1 aromatic carbocycles. The number of hydrogen-bond acceptors (Lipinski definition) is 7. The Bertz CT molecular complexity index is 1290. The number of nitrogens with zero attached hydrogens (tertiary/aromatic N) is 3. The van der Waals surface area contributed by atoms with E-state index >= 15 is 0 Å². The number of aromatic nitrogens is 1. The van der Waals surface area contributed by atoms with Crippen molar-refractivity contribution in [1.29, 1.82) is 0 Å². The molecular weight excluding hydrogens is 512 g/mol. The zero-order valence-electron chi connectivity index (χ0n) is 21.8. The largest absolute Gasteiger partial charge is 0.368 e. The van der Waals surface area contributed by atoms with Crippen molar-refractivity contribution in [2.75, 3.05) is 36.4 Å². The van der Waals surface area contributed by atoms with Gasteiger partial charge in [-0.2, -0.15) is 0 Å². The third-order valence-electron chi connectivity index (χ3n) is 7.39. The molecule has 3 amide bonds. The Labute approximate surface area is 232 Å². The van der Waals surface area contributed by atoms with Gasteiger partial charge in [0, 0.05) is 56.2 Å². The molecule has 10 heteroatoms. The molecule has 2 aliphatic rings. The summed E-state index contributed by atoms with van der Waals surface area (Å²) in [5.74, 6) is -0.414. The summed E-state index contributed by atoms with van der Waals surface area (Å²) in [6.45, 7) is 2.56. The molecule has 1 saturated heterocycles. The van der Waals surface area contributed by atoms with Crippen molar-refractivity contribution in [3.63, 3.8) is 0 Å². The highest BCUT2D eigenvalue weighted by molar-refractivity contribution is 7.12. The number of nitrogens with one attached hydrogen (secondary N) is 2. The number of carbonyl (C=O) groups is 3. The zero-order valence-corrected chi connectivity index (χ0v) is 22.7. The molecule has 1 saturated carbocycles. The average molecular weight is 547 g/mol. The van der Waals surface area contributed by atoms with Crippen molar-refractivity contribution in [2.24, 2.45) is 5.73 Å². The Kier molecular flexibility index (Phi) is 8.53. The molecule has 0 spiro atoms. The van der Waals surface area contributed by atoms with E-state index < -0.39 is 0 Å². The summed E-state index contributed by atoms with van der Waals surface area (Å²) >= 11 is 1.45. The van der Waals surface area contributed by atoms with Gasteiger partial charge in [0.1, 0.15) is 0 Å². The van der Waals surface area contributed by atoms with Gasteiger partial charge in [-0.15, -0.1) is 11.3 Å². The van der Waals surface area contributed by atoms with Gasteiger partial charge < -0.3 is 26.2 Å². The number of thiophene rings is 1. The monoisotopic (exact) mass is 546 g/mol. The summed E-state index contributed by atoms with van der Waals surface area (Å²) in [4.78, 5) is 48.0. The molecule has 0 atom stereocenters. The van der Waals surface area contributed by atoms with Crippen LogP contribution in [0.25, 0.3) is 0 Å². The second kappa shape index (κ2) is 12.4. The van der Waals surface area contributed by atoms with Gasteiger partial charge in [-0.1, -0.05) is 6.07 Å². The number of anilines is 2. The first kappa shape index (κ1) is 26.8. The van der Waals surface area contributed by atoms with Gasteiger partial charge in [0.2, 0.25) is 0 Å². The first-order chi connectivity index (χ1) is 19.0. The van der Waals surface area contributed by atoms with E-state index in [1.54, 1.807) is 30.5 Å². The molecule has 2 aromatic heterocycles. The van der Waals surface area contributed by atoms with Crippen LogP contribution in [0, 0.1) is 0 Å². The van der Waals surface area contributed by atoms with Crippen LogP contribution < -0.4 is 21.3 Å². The Balaban J connectivity index is 1.36. The summed E-state index contributed by atoms with van der Waals surface area (Å²) in [6.07, 6.45) is 7.45. The van der Waals surface area contributed by atoms with E-state index in [4.69, 9.17) is 5.73 Å². The van der Waals surface area contributed by atoms with Gasteiger partial charge >= 0.3 is 0 Å². The van der Waals surface area contributed by atoms with E-state index in [0.29, 0.717) is 36.4 Å². The quantitative estimate of drug-likeness (QED) is 0.433. The number of amides is 3. The number of pyridine rings is 1. The summed E-state index contributed by atoms with van der Waals surface area (Å²) in [5.41, 5.74) is 8.31. The van der Waals surface area contributed by atoms with Crippen molar-refractivity contribution in [2.45, 2.75) is 44.2 Å². The molecule has 5 rings (SSSR count). The molecule has 1 aliphatic carbocycles. The van der Waals surface area contributed by atoms with Gasteiger partial charge in [0.15, 0.2) is 0 Å². The van der Waals surface area contributed by atoms with Crippen LogP contribution in [0.4, 0.5) is 11.4 Å². The highest BCUT2D eigenvalue weighted by Crippen LogP contribution is 2.30. The van der Waals surface area contributed by atoms with Crippen molar-refractivity contribution in [1.82, 2.24) is 15.2 Å². The molecule has 3 aromatic rings. The molecule has 9 nitrogen and oxygen atoms in total. The number of carbonyl (C=O) groups excluding carboxylic acids is 3. The first-order valence-corrected chi connectivity index (χ1v) is 14.4. The minimum Gasteiger partial charge on any atom is -0.368 e. The van der Waals surface area contributed by atoms with Gasteiger partial charge in [0.25, 0.3) is 17.7 Å². The lowest BCUT2D eigenvalue weighted by atomic mass is 9.91. The van der Waals surface area contributed by atoms with Crippen LogP contribution in [0.2, 0.25) is 0 Å². The van der Waals surface area contributed by atoms with Crippen LogP contribution >= 0.6 is 11.3 Å². The smallest absolute Gasteiger partial charge is 0.263 e. The summed E-state index contributed by atoms with van der Waals surface area (Å²) in [6, 6.07) is 12.9. The maximum atomic E-state index is 13.2. The van der Waals surface area contributed by atoms with Gasteiger partial charge in [-0.3, -0.25) is 19.4 Å². The lowest BCUT2D eigenvalue weighted by Crippen LogP contribution is -2.40. The normalized spacial score (nSPS) is 19.7. The fourth-order valence-electron chi connectivity index (χ4n) is 5.19. The minimum atomic E-state index is -0.299. The van der Waals surface area contributed by atoms with E-state index in [1.807, 2.05) is 28.5 Å². The van der Waals surface area contributed by atoms with Gasteiger partial charge in [-0.05, 0) is 73.9 Å². The van der Waals surface area contributed by atoms with Crippen LogP contribution in [-0.4, -0.2) is 65.9 Å². The predicted molar refractivity (Wildman–Crippen MR) is 153 cm³/mol. The molecule has 2 fully saturated rings. The van der Waals surface area contributed by atoms with Gasteiger partial charge in [-0.25, -0.2) is 0 Å². The lowest BCUT2D eigenvalue weighted by molar-refractivity contribution is 0.0771. The molecule has 0 bridgehead atoms. The summed E-state index contributed by atoms with van der Waals surface area (Å²) < 4.78 is 0. The molecule has 204 valence electrons. The molecule has 3 heterocycles. The Morgan fingerprint density at radius 1 is 0.923 bits per heavy atom. The molecule has 0 radical (unpaired) electrons. The highest BCUT2D eigenvalue weighted by Gasteiger charge is 2.25. The number of hydrogen-bond donors (Lipinski definition) is 3. The SMILES string of the molecule is NC1CCC(NC(=O)c2ccc(N3CCCN(C(=O)c4cccs4)CC3)c(NC(=O)c3cccnc3)c2)CC1. The second-order valence-corrected chi connectivity index (χ2v) is 11.1. The van der Waals surface area contributed by atoms with Crippen LogP contribution in [0.15, 0.2) is 60.2 Å².